The Morgan fingerprint density at radius 1 is 1.47 bits per heavy atom. The highest BCUT2D eigenvalue weighted by Gasteiger charge is 2.36. The van der Waals surface area contributed by atoms with Crippen LogP contribution < -0.4 is 0 Å². The van der Waals surface area contributed by atoms with Crippen molar-refractivity contribution >= 4 is 21.0 Å². The first-order valence-electron chi connectivity index (χ1n) is 6.27. The highest BCUT2D eigenvalue weighted by Crippen LogP contribution is 2.35. The number of hydrogen-bond acceptors (Lipinski definition) is 5. The smallest absolute Gasteiger partial charge is 0.160 e. The Balaban J connectivity index is 2.20. The van der Waals surface area contributed by atoms with Crippen molar-refractivity contribution in [3.8, 4) is 0 Å². The molecule has 1 aliphatic heterocycles. The van der Waals surface area contributed by atoms with Gasteiger partial charge in [-0.15, -0.1) is 0 Å². The van der Waals surface area contributed by atoms with Gasteiger partial charge in [0.2, 0.25) is 0 Å². The molecule has 3 rings (SSSR count). The zero-order valence-corrected chi connectivity index (χ0v) is 11.2. The van der Waals surface area contributed by atoms with Crippen LogP contribution in [0.2, 0.25) is 0 Å². The van der Waals surface area contributed by atoms with Crippen LogP contribution in [-0.2, 0) is 16.4 Å². The molecule has 102 valence electrons. The summed E-state index contributed by atoms with van der Waals surface area (Å²) in [5.41, 5.74) is 1.31. The van der Waals surface area contributed by atoms with E-state index in [-0.39, 0.29) is 12.4 Å². The van der Waals surface area contributed by atoms with E-state index in [1.165, 1.54) is 0 Å². The summed E-state index contributed by atoms with van der Waals surface area (Å²) >= 11 is 0. The molecule has 0 spiro atoms. The minimum Gasteiger partial charge on any atom is -0.395 e. The first-order valence-corrected chi connectivity index (χ1v) is 7.98. The van der Waals surface area contributed by atoms with Crippen molar-refractivity contribution in [2.24, 2.45) is 0 Å². The number of sulfone groups is 1. The molecule has 1 fully saturated rings. The van der Waals surface area contributed by atoms with Gasteiger partial charge in [0.1, 0.15) is 16.6 Å². The van der Waals surface area contributed by atoms with Gasteiger partial charge in [0.15, 0.2) is 15.5 Å². The molecule has 1 aliphatic rings. The maximum absolute atomic E-state index is 12.1. The molecule has 2 aromatic heterocycles. The maximum Gasteiger partial charge on any atom is 0.160 e. The Bertz CT molecular complexity index is 708. The minimum absolute atomic E-state index is 0.0677. The molecule has 0 amide bonds. The first kappa shape index (κ1) is 12.6. The zero-order valence-electron chi connectivity index (χ0n) is 10.4. The molecule has 1 atom stereocenters. The van der Waals surface area contributed by atoms with Crippen LogP contribution in [0.1, 0.15) is 23.9 Å². The van der Waals surface area contributed by atoms with E-state index in [0.717, 1.165) is 0 Å². The molecule has 0 aromatic carbocycles. The van der Waals surface area contributed by atoms with Crippen molar-refractivity contribution in [2.45, 2.75) is 24.6 Å². The average Bonchev–Trinajstić information content (AvgIpc) is 2.90. The quantitative estimate of drug-likeness (QED) is 0.894. The van der Waals surface area contributed by atoms with Gasteiger partial charge in [0.05, 0.1) is 12.4 Å². The summed E-state index contributed by atoms with van der Waals surface area (Å²) in [6, 6.07) is 3.58. The number of imidazole rings is 1. The van der Waals surface area contributed by atoms with Gasteiger partial charge < -0.3 is 9.67 Å². The van der Waals surface area contributed by atoms with Crippen molar-refractivity contribution in [2.75, 3.05) is 12.4 Å². The van der Waals surface area contributed by atoms with E-state index in [1.807, 2.05) is 0 Å². The molecular formula is C12H15N3O3S. The number of aliphatic hydroxyl groups is 1. The van der Waals surface area contributed by atoms with E-state index in [4.69, 9.17) is 5.11 Å². The largest absolute Gasteiger partial charge is 0.395 e. The summed E-state index contributed by atoms with van der Waals surface area (Å²) in [6.45, 7) is 0.247. The van der Waals surface area contributed by atoms with Crippen molar-refractivity contribution in [1.29, 1.82) is 0 Å². The van der Waals surface area contributed by atoms with Crippen LogP contribution in [0.4, 0.5) is 0 Å². The van der Waals surface area contributed by atoms with Gasteiger partial charge >= 0.3 is 0 Å². The summed E-state index contributed by atoms with van der Waals surface area (Å²) in [4.78, 5) is 8.65. The van der Waals surface area contributed by atoms with Crippen LogP contribution in [0.5, 0.6) is 0 Å². The van der Waals surface area contributed by atoms with E-state index >= 15 is 0 Å². The molecule has 0 radical (unpaired) electrons. The van der Waals surface area contributed by atoms with Crippen molar-refractivity contribution in [1.82, 2.24) is 14.5 Å². The summed E-state index contributed by atoms with van der Waals surface area (Å²) < 4.78 is 25.8. The lowest BCUT2D eigenvalue weighted by Crippen LogP contribution is -2.16. The Morgan fingerprint density at radius 3 is 3.00 bits per heavy atom. The molecule has 0 saturated carbocycles. The number of pyridine rings is 1. The average molecular weight is 281 g/mol. The predicted octanol–water partition coefficient (Wildman–Crippen LogP) is 0.673. The number of fused-ring (bicyclic) bond motifs is 1. The molecule has 7 heteroatoms. The van der Waals surface area contributed by atoms with Gasteiger partial charge in [0, 0.05) is 12.7 Å². The fourth-order valence-electron chi connectivity index (χ4n) is 2.62. The maximum atomic E-state index is 12.1. The lowest BCUT2D eigenvalue weighted by atomic mass is 10.2. The molecule has 0 bridgehead atoms. The van der Waals surface area contributed by atoms with E-state index < -0.39 is 15.1 Å². The monoisotopic (exact) mass is 281 g/mol. The Hall–Kier alpha value is -1.47. The summed E-state index contributed by atoms with van der Waals surface area (Å²) in [5, 5.41) is 8.61. The normalized spacial score (nSPS) is 22.1. The van der Waals surface area contributed by atoms with Crippen LogP contribution in [-0.4, -0.2) is 40.4 Å². The Labute approximate surface area is 111 Å². The molecule has 1 unspecified atom stereocenters. The molecular weight excluding hydrogens is 266 g/mol. The zero-order chi connectivity index (χ0) is 13.5. The van der Waals surface area contributed by atoms with Crippen molar-refractivity contribution in [3.05, 3.63) is 24.2 Å². The Kier molecular flexibility index (Phi) is 3.02. The SMILES string of the molecule is O=S1(=O)CCCC1c1nc2cccnc2n1CCO. The predicted molar refractivity (Wildman–Crippen MR) is 70.4 cm³/mol. The second-order valence-corrected chi connectivity index (χ2v) is 6.99. The van der Waals surface area contributed by atoms with E-state index in [1.54, 1.807) is 22.9 Å². The second kappa shape index (κ2) is 4.57. The van der Waals surface area contributed by atoms with Gasteiger partial charge in [-0.25, -0.2) is 18.4 Å². The third-order valence-corrected chi connectivity index (χ3v) is 5.64. The number of rotatable bonds is 3. The molecule has 1 saturated heterocycles. The number of aliphatic hydroxyl groups excluding tert-OH is 1. The Morgan fingerprint density at radius 2 is 2.32 bits per heavy atom. The molecule has 6 nitrogen and oxygen atoms in total. The third-order valence-electron chi connectivity index (χ3n) is 3.47. The summed E-state index contributed by atoms with van der Waals surface area (Å²) in [7, 11) is -3.12. The first-order chi connectivity index (χ1) is 9.13. The van der Waals surface area contributed by atoms with Gasteiger partial charge in [-0.05, 0) is 25.0 Å². The van der Waals surface area contributed by atoms with Gasteiger partial charge in [-0.2, -0.15) is 0 Å². The van der Waals surface area contributed by atoms with Crippen LogP contribution in [0.15, 0.2) is 18.3 Å². The van der Waals surface area contributed by atoms with E-state index in [2.05, 4.69) is 9.97 Å². The number of nitrogens with zero attached hydrogens (tertiary/aromatic N) is 3. The van der Waals surface area contributed by atoms with E-state index in [0.29, 0.717) is 36.4 Å². The lowest BCUT2D eigenvalue weighted by Gasteiger charge is -2.11. The van der Waals surface area contributed by atoms with E-state index in [9.17, 15) is 8.42 Å². The third kappa shape index (κ3) is 2.02. The van der Waals surface area contributed by atoms with Crippen molar-refractivity contribution < 1.29 is 13.5 Å². The highest BCUT2D eigenvalue weighted by molar-refractivity contribution is 7.91. The van der Waals surface area contributed by atoms with Crippen molar-refractivity contribution in [3.63, 3.8) is 0 Å². The molecule has 0 aliphatic carbocycles. The molecule has 19 heavy (non-hydrogen) atoms. The topological polar surface area (TPSA) is 85.1 Å². The fourth-order valence-corrected chi connectivity index (χ4v) is 4.50. The number of hydrogen-bond donors (Lipinski definition) is 1. The lowest BCUT2D eigenvalue weighted by molar-refractivity contribution is 0.275. The van der Waals surface area contributed by atoms with Gasteiger partial charge in [-0.3, -0.25) is 0 Å². The highest BCUT2D eigenvalue weighted by atomic mass is 32.2. The molecule has 3 heterocycles. The van der Waals surface area contributed by atoms with Crippen LogP contribution in [0.25, 0.3) is 11.2 Å². The summed E-state index contributed by atoms with van der Waals surface area (Å²) in [5.74, 6) is 0.730. The summed E-state index contributed by atoms with van der Waals surface area (Å²) in [6.07, 6.45) is 2.91. The standard InChI is InChI=1S/C12H15N3O3S/c16-7-6-15-11-9(3-1-5-13-11)14-12(15)10-4-2-8-19(10,17)18/h1,3,5,10,16H,2,4,6-8H2. The van der Waals surface area contributed by atoms with Crippen LogP contribution >= 0.6 is 0 Å². The second-order valence-electron chi connectivity index (χ2n) is 4.69. The van der Waals surface area contributed by atoms with Crippen LogP contribution in [0, 0.1) is 0 Å². The minimum atomic E-state index is -3.12. The van der Waals surface area contributed by atoms with Gasteiger partial charge in [-0.1, -0.05) is 0 Å². The fraction of sp³-hybridized carbons (Fsp3) is 0.500. The van der Waals surface area contributed by atoms with Gasteiger partial charge in [0.25, 0.3) is 0 Å². The molecule has 2 aromatic rings. The molecule has 1 N–H and O–H groups in total. The number of aromatic nitrogens is 3. The van der Waals surface area contributed by atoms with Crippen LogP contribution in [0.3, 0.4) is 0 Å².